The van der Waals surface area contributed by atoms with Crippen molar-refractivity contribution in [1.29, 1.82) is 0 Å². The van der Waals surface area contributed by atoms with E-state index in [0.29, 0.717) is 22.8 Å². The Labute approximate surface area is 184 Å². The smallest absolute Gasteiger partial charge is 0.340 e. The first-order chi connectivity index (χ1) is 15.3. The van der Waals surface area contributed by atoms with Gasteiger partial charge in [-0.3, -0.25) is 25.4 Å². The number of rotatable bonds is 6. The largest absolute Gasteiger partial charge is 0.493 e. The topological polar surface area (TPSA) is 116 Å². The van der Waals surface area contributed by atoms with E-state index in [1.54, 1.807) is 19.9 Å². The maximum Gasteiger partial charge on any atom is 0.340 e. The molecular weight excluding hydrogens is 414 g/mol. The molecule has 0 radical (unpaired) electrons. The van der Waals surface area contributed by atoms with Crippen molar-refractivity contribution in [3.63, 3.8) is 0 Å². The number of hydrogen-bond donors (Lipinski definition) is 2. The van der Waals surface area contributed by atoms with Crippen LogP contribution in [0.2, 0.25) is 0 Å². The first kappa shape index (κ1) is 22.5. The molecule has 0 saturated carbocycles. The van der Waals surface area contributed by atoms with Gasteiger partial charge in [0.05, 0.1) is 31.0 Å². The van der Waals surface area contributed by atoms with Gasteiger partial charge < -0.3 is 14.2 Å². The average molecular weight is 437 g/mol. The number of aryl methyl sites for hydroxylation is 2. The molecule has 9 nitrogen and oxygen atoms in total. The van der Waals surface area contributed by atoms with Crippen LogP contribution in [0.4, 0.5) is 0 Å². The van der Waals surface area contributed by atoms with E-state index >= 15 is 0 Å². The van der Waals surface area contributed by atoms with Gasteiger partial charge >= 0.3 is 5.97 Å². The van der Waals surface area contributed by atoms with Crippen LogP contribution in [0, 0.1) is 13.8 Å². The molecule has 166 valence electrons. The molecule has 32 heavy (non-hydrogen) atoms. The van der Waals surface area contributed by atoms with E-state index in [1.807, 2.05) is 24.3 Å². The molecule has 0 atom stereocenters. The summed E-state index contributed by atoms with van der Waals surface area (Å²) in [6.07, 6.45) is 0. The first-order valence-electron chi connectivity index (χ1n) is 9.70. The van der Waals surface area contributed by atoms with Crippen LogP contribution in [0.5, 0.6) is 11.5 Å². The van der Waals surface area contributed by atoms with Gasteiger partial charge in [0.2, 0.25) is 0 Å². The van der Waals surface area contributed by atoms with Crippen molar-refractivity contribution in [3.05, 3.63) is 64.8 Å². The van der Waals surface area contributed by atoms with Crippen LogP contribution in [0.3, 0.4) is 0 Å². The molecule has 9 heteroatoms. The third-order valence-corrected chi connectivity index (χ3v) is 4.83. The fourth-order valence-electron chi connectivity index (χ4n) is 3.25. The van der Waals surface area contributed by atoms with Crippen molar-refractivity contribution in [1.82, 2.24) is 15.8 Å². The zero-order valence-electron chi connectivity index (χ0n) is 18.1. The van der Waals surface area contributed by atoms with E-state index in [-0.39, 0.29) is 5.56 Å². The number of fused-ring (bicyclic) bond motifs is 1. The lowest BCUT2D eigenvalue weighted by Crippen LogP contribution is -2.43. The van der Waals surface area contributed by atoms with Crippen molar-refractivity contribution in [2.75, 3.05) is 20.8 Å². The van der Waals surface area contributed by atoms with Crippen molar-refractivity contribution >= 4 is 28.7 Å². The number of pyridine rings is 1. The predicted octanol–water partition coefficient (Wildman–Crippen LogP) is 2.49. The quantitative estimate of drug-likeness (QED) is 0.450. The highest BCUT2D eigenvalue weighted by Crippen LogP contribution is 2.27. The van der Waals surface area contributed by atoms with Gasteiger partial charge in [0.15, 0.2) is 18.1 Å². The standard InChI is InChI=1S/C23H23N3O6/c1-13-16-7-5-6-8-17(16)24-14(2)21(13)23(29)32-12-20(27)25-26-22(28)15-9-10-18(30-3)19(11-15)31-4/h5-11H,12H2,1-4H3,(H,25,27)(H,26,28). The number of nitrogens with zero attached hydrogens (tertiary/aromatic N) is 1. The fraction of sp³-hybridized carbons (Fsp3) is 0.217. The number of hydrazine groups is 1. The molecule has 3 aromatic rings. The van der Waals surface area contributed by atoms with Gasteiger partial charge in [0.1, 0.15) is 0 Å². The Bertz CT molecular complexity index is 1190. The van der Waals surface area contributed by atoms with Crippen LogP contribution in [0.1, 0.15) is 32.0 Å². The summed E-state index contributed by atoms with van der Waals surface area (Å²) in [7, 11) is 2.93. The summed E-state index contributed by atoms with van der Waals surface area (Å²) in [6.45, 7) is 2.94. The molecule has 0 aliphatic heterocycles. The van der Waals surface area contributed by atoms with E-state index in [2.05, 4.69) is 15.8 Å². The minimum absolute atomic E-state index is 0.244. The summed E-state index contributed by atoms with van der Waals surface area (Å²) in [5.74, 6) is -1.10. The molecule has 0 saturated heterocycles. The summed E-state index contributed by atoms with van der Waals surface area (Å²) in [5, 5.41) is 0.830. The van der Waals surface area contributed by atoms with Crippen LogP contribution in [0.25, 0.3) is 10.9 Å². The second kappa shape index (κ2) is 9.78. The van der Waals surface area contributed by atoms with E-state index in [4.69, 9.17) is 14.2 Å². The van der Waals surface area contributed by atoms with E-state index < -0.39 is 24.4 Å². The van der Waals surface area contributed by atoms with Gasteiger partial charge in [-0.25, -0.2) is 4.79 Å². The monoisotopic (exact) mass is 437 g/mol. The fourth-order valence-corrected chi connectivity index (χ4v) is 3.25. The second-order valence-corrected chi connectivity index (χ2v) is 6.86. The van der Waals surface area contributed by atoms with Crippen LogP contribution in [-0.2, 0) is 9.53 Å². The van der Waals surface area contributed by atoms with Crippen molar-refractivity contribution in [2.45, 2.75) is 13.8 Å². The molecule has 1 heterocycles. The van der Waals surface area contributed by atoms with Crippen molar-refractivity contribution in [3.8, 4) is 11.5 Å². The number of aromatic nitrogens is 1. The van der Waals surface area contributed by atoms with Gasteiger partial charge in [-0.1, -0.05) is 18.2 Å². The van der Waals surface area contributed by atoms with Crippen LogP contribution in [0.15, 0.2) is 42.5 Å². The zero-order chi connectivity index (χ0) is 23.3. The molecule has 1 aromatic heterocycles. The highest BCUT2D eigenvalue weighted by molar-refractivity contribution is 5.99. The van der Waals surface area contributed by atoms with E-state index in [1.165, 1.54) is 26.4 Å². The summed E-state index contributed by atoms with van der Waals surface area (Å²) >= 11 is 0. The van der Waals surface area contributed by atoms with Crippen molar-refractivity contribution < 1.29 is 28.6 Å². The van der Waals surface area contributed by atoms with Crippen LogP contribution in [-0.4, -0.2) is 43.6 Å². The van der Waals surface area contributed by atoms with Crippen LogP contribution < -0.4 is 20.3 Å². The number of para-hydroxylation sites is 1. The number of hydrogen-bond acceptors (Lipinski definition) is 7. The van der Waals surface area contributed by atoms with E-state index in [0.717, 1.165) is 16.5 Å². The molecule has 0 fully saturated rings. The number of benzene rings is 2. The SMILES string of the molecule is COc1ccc(C(=O)NNC(=O)COC(=O)c2c(C)nc3ccccc3c2C)cc1OC. The molecule has 2 N–H and O–H groups in total. The predicted molar refractivity (Wildman–Crippen MR) is 117 cm³/mol. The van der Waals surface area contributed by atoms with Crippen molar-refractivity contribution in [2.24, 2.45) is 0 Å². The van der Waals surface area contributed by atoms with E-state index in [9.17, 15) is 14.4 Å². The maximum atomic E-state index is 12.6. The molecular formula is C23H23N3O6. The number of methoxy groups -OCH3 is 2. The van der Waals surface area contributed by atoms with Gasteiger partial charge in [0.25, 0.3) is 11.8 Å². The minimum atomic E-state index is -0.698. The highest BCUT2D eigenvalue weighted by Gasteiger charge is 2.19. The van der Waals surface area contributed by atoms with Gasteiger partial charge in [0, 0.05) is 10.9 Å². The van der Waals surface area contributed by atoms with Gasteiger partial charge in [-0.2, -0.15) is 0 Å². The number of carbonyl (C=O) groups excluding carboxylic acids is 3. The molecule has 0 spiro atoms. The number of esters is 1. The Morgan fingerprint density at radius 3 is 2.38 bits per heavy atom. The summed E-state index contributed by atoms with van der Waals surface area (Å²) in [5.41, 5.74) is 7.03. The lowest BCUT2D eigenvalue weighted by molar-refractivity contribution is -0.125. The summed E-state index contributed by atoms with van der Waals surface area (Å²) in [4.78, 5) is 41.3. The first-order valence-corrected chi connectivity index (χ1v) is 9.70. The molecule has 0 aliphatic rings. The minimum Gasteiger partial charge on any atom is -0.493 e. The molecule has 2 amide bonds. The molecule has 0 unspecified atom stereocenters. The molecule has 0 aliphatic carbocycles. The lowest BCUT2D eigenvalue weighted by Gasteiger charge is -2.13. The third kappa shape index (κ3) is 4.77. The number of amides is 2. The Morgan fingerprint density at radius 2 is 1.66 bits per heavy atom. The molecule has 0 bridgehead atoms. The maximum absolute atomic E-state index is 12.6. The van der Waals surface area contributed by atoms with Crippen LogP contribution >= 0.6 is 0 Å². The molecule has 2 aromatic carbocycles. The highest BCUT2D eigenvalue weighted by atomic mass is 16.5. The molecule has 3 rings (SSSR count). The summed E-state index contributed by atoms with van der Waals surface area (Å²) < 4.78 is 15.4. The van der Waals surface area contributed by atoms with Gasteiger partial charge in [-0.05, 0) is 43.7 Å². The third-order valence-electron chi connectivity index (χ3n) is 4.83. The summed E-state index contributed by atoms with van der Waals surface area (Å²) in [6, 6.07) is 12.0. The van der Waals surface area contributed by atoms with Gasteiger partial charge in [-0.15, -0.1) is 0 Å². The zero-order valence-corrected chi connectivity index (χ0v) is 18.1. The number of nitrogens with one attached hydrogen (secondary N) is 2. The number of carbonyl (C=O) groups is 3. The normalized spacial score (nSPS) is 10.4. The average Bonchev–Trinajstić information content (AvgIpc) is 2.80. The lowest BCUT2D eigenvalue weighted by atomic mass is 10.0. The second-order valence-electron chi connectivity index (χ2n) is 6.86. The Balaban J connectivity index is 1.59. The Morgan fingerprint density at radius 1 is 0.938 bits per heavy atom. The number of ether oxygens (including phenoxy) is 3. The Kier molecular flexibility index (Phi) is 6.89. The Hall–Kier alpha value is -4.14.